The van der Waals surface area contributed by atoms with Crippen molar-refractivity contribution in [1.82, 2.24) is 4.90 Å². The van der Waals surface area contributed by atoms with E-state index in [-0.39, 0.29) is 11.9 Å². The number of nitriles is 1. The highest BCUT2D eigenvalue weighted by Gasteiger charge is 2.38. The van der Waals surface area contributed by atoms with Crippen molar-refractivity contribution in [3.63, 3.8) is 0 Å². The molecule has 1 atom stereocenters. The highest BCUT2D eigenvalue weighted by molar-refractivity contribution is 6.34. The predicted octanol–water partition coefficient (Wildman–Crippen LogP) is 5.61. The first-order chi connectivity index (χ1) is 13.1. The zero-order valence-corrected chi connectivity index (χ0v) is 15.7. The number of carbonyl (C=O) groups is 1. The fourth-order valence-electron chi connectivity index (χ4n) is 3.47. The minimum absolute atomic E-state index is 0.0973. The lowest BCUT2D eigenvalue weighted by molar-refractivity contribution is 0.0736. The van der Waals surface area contributed by atoms with E-state index in [4.69, 9.17) is 28.5 Å². The van der Waals surface area contributed by atoms with Gasteiger partial charge in [0.05, 0.1) is 28.3 Å². The number of hydrogen-bond acceptors (Lipinski definition) is 2. The number of amides is 1. The van der Waals surface area contributed by atoms with Gasteiger partial charge in [-0.15, -0.1) is 0 Å². The minimum atomic E-state index is -0.237. The molecule has 1 heterocycles. The van der Waals surface area contributed by atoms with Crippen LogP contribution >= 0.6 is 23.2 Å². The van der Waals surface area contributed by atoms with Crippen LogP contribution in [0.25, 0.3) is 0 Å². The van der Waals surface area contributed by atoms with Gasteiger partial charge in [-0.3, -0.25) is 4.79 Å². The first-order valence-electron chi connectivity index (χ1n) is 8.42. The van der Waals surface area contributed by atoms with Crippen molar-refractivity contribution >= 4 is 29.1 Å². The summed E-state index contributed by atoms with van der Waals surface area (Å²) in [5, 5.41) is 10.1. The third kappa shape index (κ3) is 3.19. The number of rotatable bonds is 3. The highest BCUT2D eigenvalue weighted by Crippen LogP contribution is 2.42. The fraction of sp³-hybridized carbons (Fsp3) is 0.0909. The molecule has 1 amide bonds. The summed E-state index contributed by atoms with van der Waals surface area (Å²) >= 11 is 12.4. The van der Waals surface area contributed by atoms with Crippen LogP contribution in [0.5, 0.6) is 0 Å². The largest absolute Gasteiger partial charge is 0.323 e. The number of fused-ring (bicyclic) bond motifs is 1. The average molecular weight is 393 g/mol. The monoisotopic (exact) mass is 392 g/mol. The van der Waals surface area contributed by atoms with Crippen molar-refractivity contribution in [1.29, 1.82) is 5.26 Å². The van der Waals surface area contributed by atoms with Gasteiger partial charge in [0.1, 0.15) is 0 Å². The lowest BCUT2D eigenvalue weighted by Gasteiger charge is -2.26. The van der Waals surface area contributed by atoms with Gasteiger partial charge in [0, 0.05) is 11.6 Å². The zero-order valence-electron chi connectivity index (χ0n) is 14.2. The van der Waals surface area contributed by atoms with Crippen LogP contribution in [0.1, 0.15) is 38.7 Å². The Morgan fingerprint density at radius 1 is 0.963 bits per heavy atom. The van der Waals surface area contributed by atoms with Crippen molar-refractivity contribution in [2.75, 3.05) is 0 Å². The Hall–Kier alpha value is -2.80. The Morgan fingerprint density at radius 3 is 2.33 bits per heavy atom. The number of hydrogen-bond donors (Lipinski definition) is 0. The van der Waals surface area contributed by atoms with Crippen LogP contribution in [-0.4, -0.2) is 10.8 Å². The van der Waals surface area contributed by atoms with Gasteiger partial charge in [-0.05, 0) is 47.0 Å². The Balaban J connectivity index is 1.78. The van der Waals surface area contributed by atoms with Crippen LogP contribution < -0.4 is 0 Å². The summed E-state index contributed by atoms with van der Waals surface area (Å²) in [6, 6.07) is 22.2. The first-order valence-corrected chi connectivity index (χ1v) is 9.18. The quantitative estimate of drug-likeness (QED) is 0.581. The van der Waals surface area contributed by atoms with E-state index in [0.717, 1.165) is 16.7 Å². The van der Waals surface area contributed by atoms with E-state index in [1.54, 1.807) is 23.1 Å². The summed E-state index contributed by atoms with van der Waals surface area (Å²) in [5.74, 6) is -0.0973. The SMILES string of the molecule is N#Cc1ccc(CN2C(=O)c3c(Cl)cccc3C2c2ccc(Cl)cc2)cc1. The molecule has 3 aromatic rings. The molecule has 0 N–H and O–H groups in total. The summed E-state index contributed by atoms with van der Waals surface area (Å²) in [4.78, 5) is 15.0. The maximum absolute atomic E-state index is 13.2. The normalized spacial score (nSPS) is 15.5. The second-order valence-corrected chi connectivity index (χ2v) is 7.24. The Labute approximate surface area is 167 Å². The lowest BCUT2D eigenvalue weighted by Crippen LogP contribution is -2.28. The molecule has 0 fully saturated rings. The molecule has 27 heavy (non-hydrogen) atoms. The van der Waals surface area contributed by atoms with Crippen LogP contribution in [0, 0.1) is 11.3 Å². The Bertz CT molecular complexity index is 1050. The van der Waals surface area contributed by atoms with Crippen molar-refractivity contribution in [2.45, 2.75) is 12.6 Å². The molecule has 3 aromatic carbocycles. The van der Waals surface area contributed by atoms with Gasteiger partial charge in [0.2, 0.25) is 0 Å². The number of carbonyl (C=O) groups excluding carboxylic acids is 1. The topological polar surface area (TPSA) is 44.1 Å². The van der Waals surface area contributed by atoms with E-state index in [9.17, 15) is 4.79 Å². The molecule has 3 nitrogen and oxygen atoms in total. The van der Waals surface area contributed by atoms with Gasteiger partial charge in [-0.1, -0.05) is 59.6 Å². The van der Waals surface area contributed by atoms with Crippen LogP contribution in [0.2, 0.25) is 10.0 Å². The van der Waals surface area contributed by atoms with Gasteiger partial charge in [0.25, 0.3) is 5.91 Å². The van der Waals surface area contributed by atoms with E-state index in [1.165, 1.54) is 0 Å². The third-order valence-corrected chi connectivity index (χ3v) is 5.32. The van der Waals surface area contributed by atoms with Crippen LogP contribution in [0.3, 0.4) is 0 Å². The first kappa shape index (κ1) is 17.6. The summed E-state index contributed by atoms with van der Waals surface area (Å²) in [6.45, 7) is 0.419. The molecule has 0 saturated carbocycles. The molecule has 0 aliphatic carbocycles. The van der Waals surface area contributed by atoms with Gasteiger partial charge in [-0.2, -0.15) is 5.26 Å². The summed E-state index contributed by atoms with van der Waals surface area (Å²) < 4.78 is 0. The summed E-state index contributed by atoms with van der Waals surface area (Å²) in [7, 11) is 0. The predicted molar refractivity (Wildman–Crippen MR) is 106 cm³/mol. The molecule has 1 aliphatic rings. The molecule has 0 radical (unpaired) electrons. The second kappa shape index (κ2) is 7.08. The van der Waals surface area contributed by atoms with Gasteiger partial charge < -0.3 is 4.90 Å². The molecule has 0 spiro atoms. The molecule has 1 aliphatic heterocycles. The van der Waals surface area contributed by atoms with E-state index in [1.807, 2.05) is 48.5 Å². The number of benzene rings is 3. The van der Waals surface area contributed by atoms with Gasteiger partial charge in [0.15, 0.2) is 0 Å². The standard InChI is InChI=1S/C22H14Cl2N2O/c23-17-10-8-16(9-11-17)21-18-2-1-3-19(24)20(18)22(27)26(21)13-15-6-4-14(12-25)5-7-15/h1-11,21H,13H2. The zero-order chi connectivity index (χ0) is 19.0. The Morgan fingerprint density at radius 2 is 1.67 bits per heavy atom. The van der Waals surface area contributed by atoms with Gasteiger partial charge in [-0.25, -0.2) is 0 Å². The van der Waals surface area contributed by atoms with Crippen LogP contribution in [0.15, 0.2) is 66.7 Å². The maximum atomic E-state index is 13.2. The molecular formula is C22H14Cl2N2O. The molecule has 0 aromatic heterocycles. The molecule has 4 rings (SSSR count). The van der Waals surface area contributed by atoms with Crippen molar-refractivity contribution in [3.05, 3.63) is 105 Å². The smallest absolute Gasteiger partial charge is 0.256 e. The van der Waals surface area contributed by atoms with Crippen LogP contribution in [0.4, 0.5) is 0 Å². The molecular weight excluding hydrogens is 379 g/mol. The summed E-state index contributed by atoms with van der Waals surface area (Å²) in [6.07, 6.45) is 0. The van der Waals surface area contributed by atoms with Crippen molar-refractivity contribution in [2.24, 2.45) is 0 Å². The van der Waals surface area contributed by atoms with E-state index in [2.05, 4.69) is 6.07 Å². The van der Waals surface area contributed by atoms with Crippen molar-refractivity contribution < 1.29 is 4.79 Å². The molecule has 132 valence electrons. The average Bonchev–Trinajstić information content (AvgIpc) is 2.96. The number of nitrogens with zero attached hydrogens (tertiary/aromatic N) is 2. The molecule has 0 bridgehead atoms. The number of halogens is 2. The van der Waals surface area contributed by atoms with Gasteiger partial charge >= 0.3 is 0 Å². The summed E-state index contributed by atoms with van der Waals surface area (Å²) in [5.41, 5.74) is 3.95. The maximum Gasteiger partial charge on any atom is 0.256 e. The molecule has 5 heteroatoms. The van der Waals surface area contributed by atoms with Crippen LogP contribution in [-0.2, 0) is 6.54 Å². The van der Waals surface area contributed by atoms with E-state index >= 15 is 0 Å². The van der Waals surface area contributed by atoms with Crippen molar-refractivity contribution in [3.8, 4) is 6.07 Å². The Kier molecular flexibility index (Phi) is 4.61. The molecule has 1 unspecified atom stereocenters. The highest BCUT2D eigenvalue weighted by atomic mass is 35.5. The second-order valence-electron chi connectivity index (χ2n) is 6.40. The minimum Gasteiger partial charge on any atom is -0.323 e. The molecule has 0 saturated heterocycles. The fourth-order valence-corrected chi connectivity index (χ4v) is 3.86. The van der Waals surface area contributed by atoms with E-state index < -0.39 is 0 Å². The lowest BCUT2D eigenvalue weighted by atomic mass is 9.97. The van der Waals surface area contributed by atoms with E-state index in [0.29, 0.717) is 27.7 Å². The third-order valence-electron chi connectivity index (χ3n) is 4.75.